The van der Waals surface area contributed by atoms with Crippen molar-refractivity contribution in [2.45, 2.75) is 59.0 Å². The Kier molecular flexibility index (Phi) is 6.17. The van der Waals surface area contributed by atoms with Crippen LogP contribution in [0.1, 0.15) is 66.9 Å². The summed E-state index contributed by atoms with van der Waals surface area (Å²) >= 11 is 0. The Bertz CT molecular complexity index is 1510. The van der Waals surface area contributed by atoms with Gasteiger partial charge >= 0.3 is 6.09 Å². The van der Waals surface area contributed by atoms with Gasteiger partial charge in [-0.15, -0.1) is 0 Å². The molecule has 8 nitrogen and oxygen atoms in total. The average Bonchev–Trinajstić information content (AvgIpc) is 3.39. The number of halogens is 1. The molecule has 0 saturated carbocycles. The molecular formula is C28H31FN4O4. The predicted octanol–water partition coefficient (Wildman–Crippen LogP) is 6.20. The number of nitrogens with zero attached hydrogens (tertiary/aromatic N) is 3. The largest absolute Gasteiger partial charge is 0.461 e. The highest BCUT2D eigenvalue weighted by Crippen LogP contribution is 2.36. The molecule has 0 bridgehead atoms. The number of likely N-dealkylation sites (tertiary alicyclic amines) is 1. The molecule has 0 spiro atoms. The van der Waals surface area contributed by atoms with Gasteiger partial charge in [-0.25, -0.2) is 14.2 Å². The number of anilines is 1. The maximum absolute atomic E-state index is 14.5. The standard InChI is InChI=1S/C28H31FN4O4/c1-16-14-33-15-19(13-23(29)25(33)30-16)31-26(34)21-7-6-20(22-12-17(2)36-24(21)22)18-8-10-32(11-9-18)27(35)37-28(3,4)5/h6-7,12-15,18H,8-11H2,1-5H3,(H,31,34). The number of fused-ring (bicyclic) bond motifs is 2. The van der Waals surface area contributed by atoms with Gasteiger partial charge in [0.05, 0.1) is 16.9 Å². The zero-order valence-corrected chi connectivity index (χ0v) is 21.7. The van der Waals surface area contributed by atoms with Gasteiger partial charge in [0.1, 0.15) is 16.9 Å². The first kappa shape index (κ1) is 24.8. The number of benzene rings is 1. The molecule has 1 N–H and O–H groups in total. The van der Waals surface area contributed by atoms with E-state index in [0.717, 1.165) is 23.8 Å². The van der Waals surface area contributed by atoms with Crippen LogP contribution in [0.15, 0.2) is 41.1 Å². The van der Waals surface area contributed by atoms with Crippen LogP contribution >= 0.6 is 0 Å². The Morgan fingerprint density at radius 1 is 1.14 bits per heavy atom. The number of pyridine rings is 1. The first-order valence-corrected chi connectivity index (χ1v) is 12.5. The number of imidazole rings is 1. The third-order valence-corrected chi connectivity index (χ3v) is 6.56. The molecule has 37 heavy (non-hydrogen) atoms. The van der Waals surface area contributed by atoms with Crippen molar-refractivity contribution in [2.75, 3.05) is 18.4 Å². The minimum absolute atomic E-state index is 0.210. The summed E-state index contributed by atoms with van der Waals surface area (Å²) in [6.07, 6.45) is 4.61. The number of carbonyl (C=O) groups excluding carboxylic acids is 2. The lowest BCUT2D eigenvalue weighted by Gasteiger charge is -2.33. The van der Waals surface area contributed by atoms with Gasteiger partial charge in [0.2, 0.25) is 0 Å². The van der Waals surface area contributed by atoms with Gasteiger partial charge < -0.3 is 23.8 Å². The van der Waals surface area contributed by atoms with Gasteiger partial charge in [0.25, 0.3) is 5.91 Å². The van der Waals surface area contributed by atoms with Crippen molar-refractivity contribution in [1.29, 1.82) is 0 Å². The zero-order valence-electron chi connectivity index (χ0n) is 21.7. The number of rotatable bonds is 3. The summed E-state index contributed by atoms with van der Waals surface area (Å²) in [6.45, 7) is 10.4. The van der Waals surface area contributed by atoms with Crippen molar-refractivity contribution in [3.63, 3.8) is 0 Å². The molecule has 1 aliphatic rings. The quantitative estimate of drug-likeness (QED) is 0.357. The van der Waals surface area contributed by atoms with Crippen LogP contribution < -0.4 is 5.32 Å². The summed E-state index contributed by atoms with van der Waals surface area (Å²) in [5.41, 5.74) is 2.66. The zero-order chi connectivity index (χ0) is 26.5. The van der Waals surface area contributed by atoms with Crippen molar-refractivity contribution in [3.05, 3.63) is 65.1 Å². The molecule has 4 aromatic rings. The topological polar surface area (TPSA) is 89.1 Å². The molecule has 194 valence electrons. The van der Waals surface area contributed by atoms with E-state index in [4.69, 9.17) is 9.15 Å². The van der Waals surface area contributed by atoms with Crippen LogP contribution in [0.3, 0.4) is 0 Å². The third-order valence-electron chi connectivity index (χ3n) is 6.56. The summed E-state index contributed by atoms with van der Waals surface area (Å²) in [7, 11) is 0. The lowest BCUT2D eigenvalue weighted by Crippen LogP contribution is -2.41. The highest BCUT2D eigenvalue weighted by atomic mass is 19.1. The number of hydrogen-bond donors (Lipinski definition) is 1. The van der Waals surface area contributed by atoms with Gasteiger partial charge in [0, 0.05) is 36.9 Å². The summed E-state index contributed by atoms with van der Waals surface area (Å²) in [4.78, 5) is 31.6. The molecular weight excluding hydrogens is 475 g/mol. The molecule has 1 saturated heterocycles. The minimum atomic E-state index is -0.528. The number of ether oxygens (including phenoxy) is 1. The van der Waals surface area contributed by atoms with Crippen LogP contribution in [0.2, 0.25) is 0 Å². The van der Waals surface area contributed by atoms with Crippen LogP contribution in [-0.2, 0) is 4.74 Å². The summed E-state index contributed by atoms with van der Waals surface area (Å²) < 4.78 is 27.5. The summed E-state index contributed by atoms with van der Waals surface area (Å²) in [5.74, 6) is 0.0134. The fourth-order valence-electron chi connectivity index (χ4n) is 4.95. The Morgan fingerprint density at radius 2 is 1.86 bits per heavy atom. The molecule has 4 heterocycles. The number of aryl methyl sites for hydroxylation is 2. The molecule has 0 aliphatic carbocycles. The summed E-state index contributed by atoms with van der Waals surface area (Å²) in [5, 5.41) is 3.67. The highest BCUT2D eigenvalue weighted by Gasteiger charge is 2.29. The van der Waals surface area contributed by atoms with Crippen molar-refractivity contribution < 1.29 is 23.1 Å². The van der Waals surface area contributed by atoms with Gasteiger partial charge in [-0.05, 0) is 71.1 Å². The van der Waals surface area contributed by atoms with E-state index in [0.29, 0.717) is 41.4 Å². The molecule has 1 aliphatic heterocycles. The molecule has 0 unspecified atom stereocenters. The number of furan rings is 1. The molecule has 2 amide bonds. The van der Waals surface area contributed by atoms with Crippen molar-refractivity contribution in [2.24, 2.45) is 0 Å². The molecule has 0 atom stereocenters. The number of hydrogen-bond acceptors (Lipinski definition) is 5. The molecule has 0 radical (unpaired) electrons. The van der Waals surface area contributed by atoms with E-state index in [-0.39, 0.29) is 23.6 Å². The van der Waals surface area contributed by atoms with Gasteiger partial charge in [0.15, 0.2) is 11.5 Å². The van der Waals surface area contributed by atoms with E-state index >= 15 is 0 Å². The molecule has 9 heteroatoms. The summed E-state index contributed by atoms with van der Waals surface area (Å²) in [6, 6.07) is 6.92. The second-order valence-corrected chi connectivity index (χ2v) is 10.7. The van der Waals surface area contributed by atoms with Crippen LogP contribution in [0, 0.1) is 19.7 Å². The predicted molar refractivity (Wildman–Crippen MR) is 139 cm³/mol. The fraction of sp³-hybridized carbons (Fsp3) is 0.393. The fourth-order valence-corrected chi connectivity index (χ4v) is 4.95. The lowest BCUT2D eigenvalue weighted by molar-refractivity contribution is 0.0205. The van der Waals surface area contributed by atoms with Crippen molar-refractivity contribution in [3.8, 4) is 0 Å². The lowest BCUT2D eigenvalue weighted by atomic mass is 9.87. The van der Waals surface area contributed by atoms with E-state index in [1.807, 2.05) is 39.8 Å². The van der Waals surface area contributed by atoms with Crippen molar-refractivity contribution in [1.82, 2.24) is 14.3 Å². The van der Waals surface area contributed by atoms with E-state index in [9.17, 15) is 14.0 Å². The smallest absolute Gasteiger partial charge is 0.410 e. The van der Waals surface area contributed by atoms with Gasteiger partial charge in [-0.1, -0.05) is 6.07 Å². The normalized spacial score (nSPS) is 14.9. The Balaban J connectivity index is 1.37. The second-order valence-electron chi connectivity index (χ2n) is 10.7. The average molecular weight is 507 g/mol. The van der Waals surface area contributed by atoms with Gasteiger partial charge in [-0.3, -0.25) is 4.79 Å². The third kappa shape index (κ3) is 5.03. The number of nitrogens with one attached hydrogen (secondary N) is 1. The molecule has 3 aromatic heterocycles. The van der Waals surface area contributed by atoms with Crippen LogP contribution in [-0.4, -0.2) is 45.0 Å². The molecule has 1 aromatic carbocycles. The monoisotopic (exact) mass is 506 g/mol. The van der Waals surface area contributed by atoms with E-state index in [2.05, 4.69) is 10.3 Å². The highest BCUT2D eigenvalue weighted by molar-refractivity contribution is 6.12. The Labute approximate surface area is 214 Å². The second kappa shape index (κ2) is 9.21. The Hall–Kier alpha value is -3.88. The molecule has 5 rings (SSSR count). The van der Waals surface area contributed by atoms with Crippen LogP contribution in [0.4, 0.5) is 14.9 Å². The molecule has 1 fully saturated rings. The first-order chi connectivity index (χ1) is 17.5. The van der Waals surface area contributed by atoms with Crippen LogP contribution in [0.25, 0.3) is 16.6 Å². The number of aromatic nitrogens is 2. The van der Waals surface area contributed by atoms with Crippen LogP contribution in [0.5, 0.6) is 0 Å². The first-order valence-electron chi connectivity index (χ1n) is 12.5. The van der Waals surface area contributed by atoms with E-state index < -0.39 is 11.4 Å². The van der Waals surface area contributed by atoms with Crippen molar-refractivity contribution >= 4 is 34.3 Å². The van der Waals surface area contributed by atoms with Gasteiger partial charge in [-0.2, -0.15) is 0 Å². The maximum atomic E-state index is 14.5. The number of carbonyl (C=O) groups is 2. The number of piperidine rings is 1. The Morgan fingerprint density at radius 3 is 2.57 bits per heavy atom. The minimum Gasteiger partial charge on any atom is -0.461 e. The number of amides is 2. The van der Waals surface area contributed by atoms with E-state index in [1.54, 1.807) is 34.7 Å². The maximum Gasteiger partial charge on any atom is 0.410 e. The van der Waals surface area contributed by atoms with E-state index in [1.165, 1.54) is 6.07 Å². The SMILES string of the molecule is Cc1cn2cc(NC(=O)c3ccc(C4CCN(C(=O)OC(C)(C)C)CC4)c4cc(C)oc34)cc(F)c2n1.